The number of benzene rings is 1. The highest BCUT2D eigenvalue weighted by atomic mass is 35.5. The number of halogens is 1. The highest BCUT2D eigenvalue weighted by Crippen LogP contribution is 2.33. The molecule has 1 fully saturated rings. The molecular weight excluding hydrogens is 294 g/mol. The molecule has 0 bridgehead atoms. The maximum atomic E-state index is 12.5. The predicted octanol–water partition coefficient (Wildman–Crippen LogP) is 4.00. The summed E-state index contributed by atoms with van der Waals surface area (Å²) in [5.74, 6) is 0.233. The van der Waals surface area contributed by atoms with Crippen molar-refractivity contribution in [2.75, 3.05) is 12.3 Å². The highest BCUT2D eigenvalue weighted by Gasteiger charge is 2.31. The van der Waals surface area contributed by atoms with Gasteiger partial charge in [0.1, 0.15) is 0 Å². The van der Waals surface area contributed by atoms with Gasteiger partial charge >= 0.3 is 0 Å². The van der Waals surface area contributed by atoms with Crippen molar-refractivity contribution < 1.29 is 8.42 Å². The molecule has 20 heavy (non-hydrogen) atoms. The van der Waals surface area contributed by atoms with E-state index in [4.69, 9.17) is 11.6 Å². The smallest absolute Gasteiger partial charge is 0.212 e. The van der Waals surface area contributed by atoms with Crippen LogP contribution in [0.2, 0.25) is 5.02 Å². The summed E-state index contributed by atoms with van der Waals surface area (Å²) in [6.45, 7) is 2.54. The van der Waals surface area contributed by atoms with Gasteiger partial charge in [-0.25, -0.2) is 8.42 Å². The molecule has 0 amide bonds. The van der Waals surface area contributed by atoms with Crippen LogP contribution in [0.5, 0.6) is 0 Å². The summed E-state index contributed by atoms with van der Waals surface area (Å²) >= 11 is 5.93. The minimum Gasteiger partial charge on any atom is -0.212 e. The fourth-order valence-corrected chi connectivity index (χ4v) is 4.71. The third-order valence-corrected chi connectivity index (χ3v) is 6.11. The lowest BCUT2D eigenvalue weighted by Crippen LogP contribution is -2.36. The molecule has 2 rings (SSSR count). The highest BCUT2D eigenvalue weighted by molar-refractivity contribution is 7.89. The van der Waals surface area contributed by atoms with Gasteiger partial charge in [-0.3, -0.25) is 0 Å². The Labute approximate surface area is 127 Å². The molecule has 0 aliphatic carbocycles. The molecule has 1 aromatic carbocycles. The van der Waals surface area contributed by atoms with E-state index in [1.807, 2.05) is 31.2 Å². The Bertz CT molecular complexity index is 527. The maximum absolute atomic E-state index is 12.5. The topological polar surface area (TPSA) is 37.4 Å². The zero-order chi connectivity index (χ0) is 14.6. The fourth-order valence-electron chi connectivity index (χ4n) is 2.81. The van der Waals surface area contributed by atoms with Crippen LogP contribution in [-0.2, 0) is 10.0 Å². The van der Waals surface area contributed by atoms with Crippen molar-refractivity contribution >= 4 is 21.6 Å². The molecule has 0 saturated carbocycles. The van der Waals surface area contributed by atoms with E-state index in [0.717, 1.165) is 31.2 Å². The third-order valence-electron chi connectivity index (χ3n) is 3.78. The van der Waals surface area contributed by atoms with Gasteiger partial charge < -0.3 is 0 Å². The Balaban J connectivity index is 2.32. The maximum Gasteiger partial charge on any atom is 0.214 e. The van der Waals surface area contributed by atoms with Crippen LogP contribution >= 0.6 is 11.6 Å². The van der Waals surface area contributed by atoms with Gasteiger partial charge in [0.25, 0.3) is 0 Å². The molecule has 5 heteroatoms. The van der Waals surface area contributed by atoms with Gasteiger partial charge in [-0.05, 0) is 37.0 Å². The molecule has 1 aliphatic heterocycles. The summed E-state index contributed by atoms with van der Waals surface area (Å²) in [7, 11) is -3.16. The molecule has 112 valence electrons. The van der Waals surface area contributed by atoms with Crippen molar-refractivity contribution in [3.05, 3.63) is 34.9 Å². The van der Waals surface area contributed by atoms with Crippen molar-refractivity contribution in [2.45, 2.75) is 45.1 Å². The Morgan fingerprint density at radius 1 is 1.20 bits per heavy atom. The number of sulfonamides is 1. The van der Waals surface area contributed by atoms with Crippen molar-refractivity contribution in [1.82, 2.24) is 4.31 Å². The molecule has 0 spiro atoms. The standard InChI is InChI=1S/C15H22ClNO2S/c1-2-12-20(18,19)17-11-5-3-4-6-15(17)13-7-9-14(16)10-8-13/h7-10,15H,2-6,11-12H2,1H3/t15-/m1/s1. The summed E-state index contributed by atoms with van der Waals surface area (Å²) in [5, 5.41) is 0.685. The quantitative estimate of drug-likeness (QED) is 0.842. The minimum atomic E-state index is -3.16. The number of nitrogens with zero attached hydrogens (tertiary/aromatic N) is 1. The van der Waals surface area contributed by atoms with E-state index >= 15 is 0 Å². The number of hydrogen-bond donors (Lipinski definition) is 0. The summed E-state index contributed by atoms with van der Waals surface area (Å²) in [6, 6.07) is 7.55. The van der Waals surface area contributed by atoms with E-state index in [1.54, 1.807) is 4.31 Å². The van der Waals surface area contributed by atoms with Crippen LogP contribution in [-0.4, -0.2) is 25.0 Å². The van der Waals surface area contributed by atoms with E-state index in [-0.39, 0.29) is 11.8 Å². The molecule has 1 heterocycles. The van der Waals surface area contributed by atoms with Gasteiger partial charge in [0.05, 0.1) is 5.75 Å². The molecular formula is C15H22ClNO2S. The molecule has 1 saturated heterocycles. The van der Waals surface area contributed by atoms with Crippen LogP contribution in [0.15, 0.2) is 24.3 Å². The van der Waals surface area contributed by atoms with Crippen LogP contribution in [0.4, 0.5) is 0 Å². The van der Waals surface area contributed by atoms with Crippen molar-refractivity contribution in [3.63, 3.8) is 0 Å². The average molecular weight is 316 g/mol. The van der Waals surface area contributed by atoms with Crippen molar-refractivity contribution in [1.29, 1.82) is 0 Å². The summed E-state index contributed by atoms with van der Waals surface area (Å²) in [6.07, 6.45) is 4.68. The third kappa shape index (κ3) is 3.74. The first-order valence-corrected chi connectivity index (χ1v) is 9.28. The summed E-state index contributed by atoms with van der Waals surface area (Å²) in [4.78, 5) is 0. The van der Waals surface area contributed by atoms with Crippen LogP contribution in [0, 0.1) is 0 Å². The van der Waals surface area contributed by atoms with Gasteiger partial charge in [-0.2, -0.15) is 4.31 Å². The fraction of sp³-hybridized carbons (Fsp3) is 0.600. The second kappa shape index (κ2) is 6.92. The Kier molecular flexibility index (Phi) is 5.47. The SMILES string of the molecule is CCCS(=O)(=O)N1CCCCC[C@@H]1c1ccc(Cl)cc1. The Morgan fingerprint density at radius 3 is 2.55 bits per heavy atom. The Morgan fingerprint density at radius 2 is 1.90 bits per heavy atom. The monoisotopic (exact) mass is 315 g/mol. The minimum absolute atomic E-state index is 0.0358. The van der Waals surface area contributed by atoms with E-state index < -0.39 is 10.0 Å². The molecule has 0 aromatic heterocycles. The molecule has 1 aliphatic rings. The molecule has 1 aromatic rings. The normalized spacial score (nSPS) is 21.6. The van der Waals surface area contributed by atoms with Crippen LogP contribution in [0.1, 0.15) is 50.6 Å². The van der Waals surface area contributed by atoms with E-state index in [9.17, 15) is 8.42 Å². The first-order chi connectivity index (χ1) is 9.54. The van der Waals surface area contributed by atoms with E-state index in [1.165, 1.54) is 0 Å². The van der Waals surface area contributed by atoms with Gasteiger partial charge in [0, 0.05) is 17.6 Å². The molecule has 0 unspecified atom stereocenters. The van der Waals surface area contributed by atoms with Crippen LogP contribution < -0.4 is 0 Å². The largest absolute Gasteiger partial charge is 0.214 e. The first kappa shape index (κ1) is 15.8. The molecule has 0 radical (unpaired) electrons. The van der Waals surface area contributed by atoms with E-state index in [2.05, 4.69) is 0 Å². The first-order valence-electron chi connectivity index (χ1n) is 7.29. The number of hydrogen-bond acceptors (Lipinski definition) is 2. The number of rotatable bonds is 4. The van der Waals surface area contributed by atoms with Gasteiger partial charge in [0.15, 0.2) is 0 Å². The molecule has 3 nitrogen and oxygen atoms in total. The lowest BCUT2D eigenvalue weighted by molar-refractivity contribution is 0.329. The zero-order valence-electron chi connectivity index (χ0n) is 11.9. The second-order valence-electron chi connectivity index (χ2n) is 5.34. The predicted molar refractivity (Wildman–Crippen MR) is 83.4 cm³/mol. The van der Waals surface area contributed by atoms with Gasteiger partial charge in [-0.1, -0.05) is 43.5 Å². The average Bonchev–Trinajstić information content (AvgIpc) is 2.65. The molecule has 1 atom stereocenters. The Hall–Kier alpha value is -0.580. The lowest BCUT2D eigenvalue weighted by atomic mass is 10.0. The second-order valence-corrected chi connectivity index (χ2v) is 7.82. The van der Waals surface area contributed by atoms with Crippen molar-refractivity contribution in [2.24, 2.45) is 0 Å². The summed E-state index contributed by atoms with van der Waals surface area (Å²) in [5.41, 5.74) is 1.05. The lowest BCUT2D eigenvalue weighted by Gasteiger charge is -2.29. The van der Waals surface area contributed by atoms with E-state index in [0.29, 0.717) is 18.0 Å². The van der Waals surface area contributed by atoms with Gasteiger partial charge in [0.2, 0.25) is 10.0 Å². The van der Waals surface area contributed by atoms with Crippen LogP contribution in [0.3, 0.4) is 0 Å². The van der Waals surface area contributed by atoms with Crippen LogP contribution in [0.25, 0.3) is 0 Å². The zero-order valence-corrected chi connectivity index (χ0v) is 13.5. The summed E-state index contributed by atoms with van der Waals surface area (Å²) < 4.78 is 26.7. The molecule has 0 N–H and O–H groups in total. The van der Waals surface area contributed by atoms with Crippen molar-refractivity contribution in [3.8, 4) is 0 Å². The van der Waals surface area contributed by atoms with Gasteiger partial charge in [-0.15, -0.1) is 0 Å².